The van der Waals surface area contributed by atoms with Gasteiger partial charge in [-0.05, 0) is 26.7 Å². The molecule has 0 saturated carbocycles. The molecule has 3 N–H and O–H groups in total. The average Bonchev–Trinajstić information content (AvgIpc) is 2.39. The lowest BCUT2D eigenvalue weighted by atomic mass is 9.92. The van der Waals surface area contributed by atoms with E-state index >= 15 is 0 Å². The fraction of sp³-hybridized carbons (Fsp3) is 0.615. The van der Waals surface area contributed by atoms with Gasteiger partial charge in [0.05, 0.1) is 5.92 Å². The number of anilines is 2. The van der Waals surface area contributed by atoms with Crippen LogP contribution in [-0.4, -0.2) is 35.5 Å². The summed E-state index contributed by atoms with van der Waals surface area (Å²) in [7, 11) is 1.84. The Kier molecular flexibility index (Phi) is 3.87. The molecule has 19 heavy (non-hydrogen) atoms. The molecule has 2 rings (SSSR count). The molecule has 0 bridgehead atoms. The van der Waals surface area contributed by atoms with Crippen molar-refractivity contribution in [1.82, 2.24) is 9.97 Å². The molecule has 1 saturated heterocycles. The molecule has 6 nitrogen and oxygen atoms in total. The minimum atomic E-state index is -0.225. The van der Waals surface area contributed by atoms with Crippen molar-refractivity contribution < 1.29 is 4.79 Å². The summed E-state index contributed by atoms with van der Waals surface area (Å²) in [5.41, 5.74) is 6.44. The van der Waals surface area contributed by atoms with Crippen molar-refractivity contribution in [2.45, 2.75) is 32.7 Å². The van der Waals surface area contributed by atoms with Gasteiger partial charge in [0.25, 0.3) is 0 Å². The number of nitrogens with one attached hydrogen (secondary N) is 1. The van der Waals surface area contributed by atoms with E-state index in [2.05, 4.69) is 27.1 Å². The Hall–Kier alpha value is -1.85. The Bertz CT molecular complexity index is 476. The normalized spacial score (nSPS) is 23.2. The fourth-order valence-electron chi connectivity index (χ4n) is 2.62. The second-order valence-corrected chi connectivity index (χ2v) is 5.10. The summed E-state index contributed by atoms with van der Waals surface area (Å²) in [5.74, 6) is 1.39. The molecule has 104 valence electrons. The molecule has 1 aliphatic heterocycles. The van der Waals surface area contributed by atoms with Crippen LogP contribution in [0, 0.1) is 12.8 Å². The number of hydrogen-bond donors (Lipinski definition) is 2. The summed E-state index contributed by atoms with van der Waals surface area (Å²) in [5, 5.41) is 3.05. The molecule has 6 heteroatoms. The van der Waals surface area contributed by atoms with Crippen LogP contribution in [-0.2, 0) is 4.79 Å². The van der Waals surface area contributed by atoms with Crippen molar-refractivity contribution in [1.29, 1.82) is 0 Å². The molecule has 0 spiro atoms. The molecule has 1 fully saturated rings. The van der Waals surface area contributed by atoms with Crippen molar-refractivity contribution >= 4 is 17.5 Å². The van der Waals surface area contributed by atoms with Crippen molar-refractivity contribution in [2.24, 2.45) is 11.7 Å². The maximum Gasteiger partial charge on any atom is 0.222 e. The third-order valence-corrected chi connectivity index (χ3v) is 3.85. The summed E-state index contributed by atoms with van der Waals surface area (Å²) in [6, 6.07) is 0.355. The van der Waals surface area contributed by atoms with Crippen LogP contribution in [0.25, 0.3) is 0 Å². The molecule has 1 aliphatic rings. The molecule has 1 amide bonds. The standard InChI is InChI=1S/C13H21N5O/c1-8-4-5-10(11(14)19)6-18(8)13-9(2)12(15-3)16-7-17-13/h7-8,10H,4-6H2,1-3H3,(H2,14,19)(H,15,16,17). The Morgan fingerprint density at radius 3 is 2.84 bits per heavy atom. The molecule has 0 aromatic carbocycles. The minimum absolute atomic E-state index is 0.0939. The van der Waals surface area contributed by atoms with Crippen LogP contribution >= 0.6 is 0 Å². The average molecular weight is 263 g/mol. The van der Waals surface area contributed by atoms with Gasteiger partial charge < -0.3 is 16.0 Å². The zero-order valence-corrected chi connectivity index (χ0v) is 11.7. The molecular weight excluding hydrogens is 242 g/mol. The van der Waals surface area contributed by atoms with E-state index in [1.807, 2.05) is 14.0 Å². The highest BCUT2D eigenvalue weighted by Crippen LogP contribution is 2.30. The third-order valence-electron chi connectivity index (χ3n) is 3.85. The highest BCUT2D eigenvalue weighted by atomic mass is 16.1. The number of rotatable bonds is 3. The van der Waals surface area contributed by atoms with Gasteiger partial charge in [0.2, 0.25) is 5.91 Å². The highest BCUT2D eigenvalue weighted by Gasteiger charge is 2.30. The number of nitrogens with zero attached hydrogens (tertiary/aromatic N) is 3. The maximum atomic E-state index is 11.4. The topological polar surface area (TPSA) is 84.1 Å². The molecular formula is C13H21N5O. The van der Waals surface area contributed by atoms with Crippen molar-refractivity contribution in [3.8, 4) is 0 Å². The van der Waals surface area contributed by atoms with Gasteiger partial charge in [0.15, 0.2) is 0 Å². The van der Waals surface area contributed by atoms with Crippen LogP contribution in [0.15, 0.2) is 6.33 Å². The van der Waals surface area contributed by atoms with Crippen LogP contribution in [0.2, 0.25) is 0 Å². The molecule has 2 atom stereocenters. The molecule has 1 aromatic rings. The van der Waals surface area contributed by atoms with Gasteiger partial charge >= 0.3 is 0 Å². The lowest BCUT2D eigenvalue weighted by molar-refractivity contribution is -0.122. The van der Waals surface area contributed by atoms with Gasteiger partial charge in [-0.3, -0.25) is 4.79 Å². The van der Waals surface area contributed by atoms with Crippen LogP contribution in [0.3, 0.4) is 0 Å². The number of carbonyl (C=O) groups is 1. The van der Waals surface area contributed by atoms with E-state index in [4.69, 9.17) is 5.73 Å². The van der Waals surface area contributed by atoms with Gasteiger partial charge in [-0.2, -0.15) is 0 Å². The minimum Gasteiger partial charge on any atom is -0.373 e. The van der Waals surface area contributed by atoms with Crippen LogP contribution in [0.4, 0.5) is 11.6 Å². The first-order valence-corrected chi connectivity index (χ1v) is 6.60. The number of nitrogens with two attached hydrogens (primary N) is 1. The quantitative estimate of drug-likeness (QED) is 0.847. The smallest absolute Gasteiger partial charge is 0.222 e. The Labute approximate surface area is 113 Å². The Balaban J connectivity index is 2.31. The van der Waals surface area contributed by atoms with Crippen molar-refractivity contribution in [3.05, 3.63) is 11.9 Å². The van der Waals surface area contributed by atoms with E-state index in [-0.39, 0.29) is 11.8 Å². The molecule has 2 heterocycles. The second kappa shape index (κ2) is 5.42. The van der Waals surface area contributed by atoms with Gasteiger partial charge in [-0.1, -0.05) is 0 Å². The Morgan fingerprint density at radius 1 is 1.47 bits per heavy atom. The van der Waals surface area contributed by atoms with Crippen molar-refractivity contribution in [2.75, 3.05) is 23.8 Å². The number of aromatic nitrogens is 2. The van der Waals surface area contributed by atoms with E-state index in [0.29, 0.717) is 12.6 Å². The number of primary amides is 1. The van der Waals surface area contributed by atoms with Gasteiger partial charge in [0, 0.05) is 25.2 Å². The van der Waals surface area contributed by atoms with Gasteiger partial charge in [-0.15, -0.1) is 0 Å². The second-order valence-electron chi connectivity index (χ2n) is 5.10. The third kappa shape index (κ3) is 2.62. The van der Waals surface area contributed by atoms with Crippen LogP contribution < -0.4 is 16.0 Å². The summed E-state index contributed by atoms with van der Waals surface area (Å²) in [6.45, 7) is 4.77. The zero-order chi connectivity index (χ0) is 14.0. The van der Waals surface area contributed by atoms with E-state index in [1.165, 1.54) is 0 Å². The van der Waals surface area contributed by atoms with Crippen LogP contribution in [0.5, 0.6) is 0 Å². The maximum absolute atomic E-state index is 11.4. The van der Waals surface area contributed by atoms with Gasteiger partial charge in [-0.25, -0.2) is 9.97 Å². The van der Waals surface area contributed by atoms with E-state index in [1.54, 1.807) is 6.33 Å². The van der Waals surface area contributed by atoms with Gasteiger partial charge in [0.1, 0.15) is 18.0 Å². The van der Waals surface area contributed by atoms with Crippen LogP contribution in [0.1, 0.15) is 25.3 Å². The lowest BCUT2D eigenvalue weighted by Gasteiger charge is -2.38. The SMILES string of the molecule is CNc1ncnc(N2CC(C(N)=O)CCC2C)c1C. The molecule has 0 aliphatic carbocycles. The number of amides is 1. The summed E-state index contributed by atoms with van der Waals surface area (Å²) in [6.07, 6.45) is 3.36. The van der Waals surface area contributed by atoms with E-state index in [0.717, 1.165) is 30.0 Å². The zero-order valence-electron chi connectivity index (χ0n) is 11.7. The first-order chi connectivity index (χ1) is 9.04. The number of piperidine rings is 1. The van der Waals surface area contributed by atoms with Crippen molar-refractivity contribution in [3.63, 3.8) is 0 Å². The monoisotopic (exact) mass is 263 g/mol. The largest absolute Gasteiger partial charge is 0.373 e. The fourth-order valence-corrected chi connectivity index (χ4v) is 2.62. The predicted molar refractivity (Wildman–Crippen MR) is 75.0 cm³/mol. The van der Waals surface area contributed by atoms with E-state index < -0.39 is 0 Å². The number of carbonyl (C=O) groups excluding carboxylic acids is 1. The Morgan fingerprint density at radius 2 is 2.21 bits per heavy atom. The lowest BCUT2D eigenvalue weighted by Crippen LogP contribution is -2.46. The highest BCUT2D eigenvalue weighted by molar-refractivity contribution is 5.77. The number of hydrogen-bond acceptors (Lipinski definition) is 5. The first-order valence-electron chi connectivity index (χ1n) is 6.60. The summed E-state index contributed by atoms with van der Waals surface area (Å²) < 4.78 is 0. The molecule has 1 aromatic heterocycles. The molecule has 2 unspecified atom stereocenters. The van der Waals surface area contributed by atoms with E-state index in [9.17, 15) is 4.79 Å². The predicted octanol–water partition coefficient (Wildman–Crippen LogP) is 0.917. The first kappa shape index (κ1) is 13.6. The molecule has 0 radical (unpaired) electrons. The summed E-state index contributed by atoms with van der Waals surface area (Å²) >= 11 is 0. The summed E-state index contributed by atoms with van der Waals surface area (Å²) in [4.78, 5) is 22.1.